The highest BCUT2D eigenvalue weighted by molar-refractivity contribution is 5.92. The first kappa shape index (κ1) is 14.3. The Bertz CT molecular complexity index is 698. The summed E-state index contributed by atoms with van der Waals surface area (Å²) >= 11 is 0. The lowest BCUT2D eigenvalue weighted by atomic mass is 10.1. The monoisotopic (exact) mass is 305 g/mol. The molecule has 1 N–H and O–H groups in total. The summed E-state index contributed by atoms with van der Waals surface area (Å²) in [5, 5.41) is 2.25. The summed E-state index contributed by atoms with van der Waals surface area (Å²) in [6, 6.07) is 8.52. The molecule has 1 aliphatic heterocycles. The van der Waals surface area contributed by atoms with Crippen molar-refractivity contribution in [2.24, 2.45) is 0 Å². The molecule has 0 unspecified atom stereocenters. The zero-order chi connectivity index (χ0) is 15.5. The van der Waals surface area contributed by atoms with Crippen LogP contribution in [-0.2, 0) is 11.2 Å². The highest BCUT2D eigenvalue weighted by Crippen LogP contribution is 2.31. The fourth-order valence-corrected chi connectivity index (χ4v) is 2.18. The summed E-state index contributed by atoms with van der Waals surface area (Å²) in [5.41, 5.74) is 0.226. The molecular formula is C16H13F2NO3. The molecule has 0 fully saturated rings. The van der Waals surface area contributed by atoms with Crippen molar-refractivity contribution in [3.63, 3.8) is 0 Å². The number of para-hydroxylation sites is 1. The molecule has 1 amide bonds. The van der Waals surface area contributed by atoms with E-state index >= 15 is 0 Å². The molecule has 22 heavy (non-hydrogen) atoms. The third kappa shape index (κ3) is 3.00. The smallest absolute Gasteiger partial charge is 0.228 e. The SMILES string of the molecule is O=C(Cc1ccc2c(c1)OCCO2)Nc1c(F)cccc1F. The van der Waals surface area contributed by atoms with Gasteiger partial charge in [-0.3, -0.25) is 4.79 Å². The molecule has 0 aliphatic carbocycles. The van der Waals surface area contributed by atoms with Gasteiger partial charge in [0.1, 0.15) is 30.5 Å². The Morgan fingerprint density at radius 1 is 1.05 bits per heavy atom. The van der Waals surface area contributed by atoms with Crippen LogP contribution in [0, 0.1) is 11.6 Å². The topological polar surface area (TPSA) is 47.6 Å². The molecule has 4 nitrogen and oxygen atoms in total. The van der Waals surface area contributed by atoms with E-state index in [-0.39, 0.29) is 6.42 Å². The van der Waals surface area contributed by atoms with Gasteiger partial charge in [-0.05, 0) is 29.8 Å². The fourth-order valence-electron chi connectivity index (χ4n) is 2.18. The summed E-state index contributed by atoms with van der Waals surface area (Å²) in [6.45, 7) is 0.933. The zero-order valence-electron chi connectivity index (χ0n) is 11.6. The van der Waals surface area contributed by atoms with Crippen LogP contribution in [0.5, 0.6) is 11.5 Å². The first-order valence-electron chi connectivity index (χ1n) is 6.76. The lowest BCUT2D eigenvalue weighted by Gasteiger charge is -2.18. The van der Waals surface area contributed by atoms with Crippen molar-refractivity contribution in [1.82, 2.24) is 0 Å². The first-order valence-corrected chi connectivity index (χ1v) is 6.76. The van der Waals surface area contributed by atoms with Crippen LogP contribution in [0.4, 0.5) is 14.5 Å². The summed E-state index contributed by atoms with van der Waals surface area (Å²) < 4.78 is 37.8. The van der Waals surface area contributed by atoms with Crippen molar-refractivity contribution >= 4 is 11.6 Å². The quantitative estimate of drug-likeness (QED) is 0.948. The van der Waals surface area contributed by atoms with Crippen LogP contribution in [0.2, 0.25) is 0 Å². The molecule has 2 aromatic carbocycles. The molecule has 2 aromatic rings. The third-order valence-corrected chi connectivity index (χ3v) is 3.20. The Balaban J connectivity index is 1.72. The van der Waals surface area contributed by atoms with Crippen LogP contribution in [0.3, 0.4) is 0 Å². The number of hydrogen-bond acceptors (Lipinski definition) is 3. The molecule has 0 saturated carbocycles. The zero-order valence-corrected chi connectivity index (χ0v) is 11.6. The van der Waals surface area contributed by atoms with Crippen LogP contribution < -0.4 is 14.8 Å². The van der Waals surface area contributed by atoms with Crippen LogP contribution in [0.1, 0.15) is 5.56 Å². The van der Waals surface area contributed by atoms with E-state index in [4.69, 9.17) is 9.47 Å². The number of amides is 1. The van der Waals surface area contributed by atoms with Gasteiger partial charge in [-0.25, -0.2) is 8.78 Å². The number of ether oxygens (including phenoxy) is 2. The van der Waals surface area contributed by atoms with Crippen molar-refractivity contribution < 1.29 is 23.0 Å². The maximum atomic E-state index is 13.5. The Morgan fingerprint density at radius 3 is 2.45 bits per heavy atom. The van der Waals surface area contributed by atoms with Crippen LogP contribution in [-0.4, -0.2) is 19.1 Å². The number of benzene rings is 2. The number of hydrogen-bond donors (Lipinski definition) is 1. The van der Waals surface area contributed by atoms with Gasteiger partial charge in [0.15, 0.2) is 11.5 Å². The lowest BCUT2D eigenvalue weighted by Crippen LogP contribution is -2.18. The molecule has 0 aromatic heterocycles. The second kappa shape index (κ2) is 6.01. The minimum Gasteiger partial charge on any atom is -0.486 e. The molecule has 0 atom stereocenters. The van der Waals surface area contributed by atoms with Gasteiger partial charge in [-0.1, -0.05) is 12.1 Å². The molecule has 0 bridgehead atoms. The molecule has 1 heterocycles. The maximum Gasteiger partial charge on any atom is 0.228 e. The maximum absolute atomic E-state index is 13.5. The molecule has 1 aliphatic rings. The number of rotatable bonds is 3. The summed E-state index contributed by atoms with van der Waals surface area (Å²) in [6.07, 6.45) is -0.0234. The largest absolute Gasteiger partial charge is 0.486 e. The fraction of sp³-hybridized carbons (Fsp3) is 0.188. The van der Waals surface area contributed by atoms with Gasteiger partial charge in [0.2, 0.25) is 5.91 Å². The second-order valence-electron chi connectivity index (χ2n) is 4.80. The second-order valence-corrected chi connectivity index (χ2v) is 4.80. The number of fused-ring (bicyclic) bond motifs is 1. The average molecular weight is 305 g/mol. The van der Waals surface area contributed by atoms with E-state index in [0.717, 1.165) is 12.1 Å². The van der Waals surface area contributed by atoms with Gasteiger partial charge >= 0.3 is 0 Å². The van der Waals surface area contributed by atoms with Gasteiger partial charge in [-0.2, -0.15) is 0 Å². The number of nitrogens with one attached hydrogen (secondary N) is 1. The van der Waals surface area contributed by atoms with E-state index in [9.17, 15) is 13.6 Å². The summed E-state index contributed by atoms with van der Waals surface area (Å²) in [7, 11) is 0. The molecular weight excluding hydrogens is 292 g/mol. The van der Waals surface area contributed by atoms with Gasteiger partial charge in [0.25, 0.3) is 0 Å². The van der Waals surface area contributed by atoms with Crippen LogP contribution in [0.15, 0.2) is 36.4 Å². The average Bonchev–Trinajstić information content (AvgIpc) is 2.51. The third-order valence-electron chi connectivity index (χ3n) is 3.20. The van der Waals surface area contributed by atoms with Crippen molar-refractivity contribution in [2.45, 2.75) is 6.42 Å². The number of anilines is 1. The van der Waals surface area contributed by atoms with Gasteiger partial charge in [-0.15, -0.1) is 0 Å². The molecule has 114 valence electrons. The predicted octanol–water partition coefficient (Wildman–Crippen LogP) is 2.92. The standard InChI is InChI=1S/C16H13F2NO3/c17-11-2-1-3-12(18)16(11)19-15(20)9-10-4-5-13-14(8-10)22-7-6-21-13/h1-5,8H,6-7,9H2,(H,19,20). The Hall–Kier alpha value is -2.63. The number of halogens is 2. The number of carbonyl (C=O) groups excluding carboxylic acids is 1. The summed E-state index contributed by atoms with van der Waals surface area (Å²) in [4.78, 5) is 11.9. The van der Waals surface area contributed by atoms with Crippen molar-refractivity contribution in [2.75, 3.05) is 18.5 Å². The van der Waals surface area contributed by atoms with E-state index in [2.05, 4.69) is 5.32 Å². The highest BCUT2D eigenvalue weighted by atomic mass is 19.1. The molecule has 0 radical (unpaired) electrons. The van der Waals surface area contributed by atoms with Crippen molar-refractivity contribution in [3.05, 3.63) is 53.6 Å². The van der Waals surface area contributed by atoms with E-state index in [1.807, 2.05) is 0 Å². The van der Waals surface area contributed by atoms with Gasteiger partial charge < -0.3 is 14.8 Å². The van der Waals surface area contributed by atoms with E-state index in [0.29, 0.717) is 30.3 Å². The normalized spacial score (nSPS) is 12.8. The van der Waals surface area contributed by atoms with Crippen molar-refractivity contribution in [1.29, 1.82) is 0 Å². The van der Waals surface area contributed by atoms with Gasteiger partial charge in [0.05, 0.1) is 6.42 Å². The lowest BCUT2D eigenvalue weighted by molar-refractivity contribution is -0.115. The first-order chi connectivity index (χ1) is 10.6. The predicted molar refractivity (Wildman–Crippen MR) is 76.1 cm³/mol. The van der Waals surface area contributed by atoms with E-state index < -0.39 is 23.2 Å². The molecule has 3 rings (SSSR count). The van der Waals surface area contributed by atoms with Gasteiger partial charge in [0, 0.05) is 0 Å². The summed E-state index contributed by atoms with van der Waals surface area (Å²) in [5.74, 6) is -0.948. The van der Waals surface area contributed by atoms with Crippen molar-refractivity contribution in [3.8, 4) is 11.5 Å². The number of carbonyl (C=O) groups is 1. The molecule has 0 saturated heterocycles. The van der Waals surface area contributed by atoms with E-state index in [1.54, 1.807) is 18.2 Å². The highest BCUT2D eigenvalue weighted by Gasteiger charge is 2.15. The Kier molecular flexibility index (Phi) is 3.91. The minimum atomic E-state index is -0.810. The van der Waals surface area contributed by atoms with Crippen LogP contribution >= 0.6 is 0 Å². The Morgan fingerprint density at radius 2 is 1.73 bits per heavy atom. The van der Waals surface area contributed by atoms with Crippen LogP contribution in [0.25, 0.3) is 0 Å². The van der Waals surface area contributed by atoms with E-state index in [1.165, 1.54) is 6.07 Å². The molecule has 6 heteroatoms. The Labute approximate surface area is 125 Å². The minimum absolute atomic E-state index is 0.0234. The molecule has 0 spiro atoms.